The van der Waals surface area contributed by atoms with Crippen LogP contribution in [0.25, 0.3) is 0 Å². The Balaban J connectivity index is 2.18. The summed E-state index contributed by atoms with van der Waals surface area (Å²) < 4.78 is 37.4. The van der Waals surface area contributed by atoms with Gasteiger partial charge in [-0.15, -0.1) is 0 Å². The first-order valence-corrected chi connectivity index (χ1v) is 8.42. The van der Waals surface area contributed by atoms with Crippen LogP contribution >= 0.6 is 12.2 Å². The second-order valence-corrected chi connectivity index (χ2v) is 7.23. The second-order valence-electron chi connectivity index (χ2n) is 4.73. The molecular formula is C15H14FNO2S2. The average molecular weight is 323 g/mol. The molecule has 2 aromatic rings. The van der Waals surface area contributed by atoms with Crippen LogP contribution < -0.4 is 5.73 Å². The molecule has 0 saturated carbocycles. The van der Waals surface area contributed by atoms with Gasteiger partial charge in [0.25, 0.3) is 0 Å². The fourth-order valence-corrected chi connectivity index (χ4v) is 3.60. The molecule has 0 aromatic heterocycles. The van der Waals surface area contributed by atoms with Crippen molar-refractivity contribution in [2.75, 3.05) is 0 Å². The van der Waals surface area contributed by atoms with Gasteiger partial charge in [0.05, 0.1) is 11.5 Å². The Bertz CT molecular complexity index is 773. The quantitative estimate of drug-likeness (QED) is 0.859. The van der Waals surface area contributed by atoms with E-state index in [4.69, 9.17) is 18.0 Å². The standard InChI is InChI=1S/C15H14FNO2S2/c16-14-6-2-4-12(8-14)10-21(18,19)9-11-3-1-5-13(7-11)15(17)20/h1-8H,9-10H2,(H2,17,20). The SMILES string of the molecule is NC(=S)c1cccc(CS(=O)(=O)Cc2cccc(F)c2)c1. The Hall–Kier alpha value is -1.79. The molecule has 0 bridgehead atoms. The smallest absolute Gasteiger partial charge is 0.158 e. The van der Waals surface area contributed by atoms with Crippen molar-refractivity contribution in [1.29, 1.82) is 0 Å². The van der Waals surface area contributed by atoms with Gasteiger partial charge < -0.3 is 5.73 Å². The lowest BCUT2D eigenvalue weighted by Crippen LogP contribution is -2.11. The lowest BCUT2D eigenvalue weighted by atomic mass is 10.1. The van der Waals surface area contributed by atoms with E-state index >= 15 is 0 Å². The van der Waals surface area contributed by atoms with Gasteiger partial charge in [0.2, 0.25) is 0 Å². The lowest BCUT2D eigenvalue weighted by molar-refractivity contribution is 0.594. The number of nitrogens with two attached hydrogens (primary N) is 1. The number of hydrogen-bond acceptors (Lipinski definition) is 3. The van der Waals surface area contributed by atoms with Gasteiger partial charge in [0.1, 0.15) is 10.8 Å². The normalized spacial score (nSPS) is 11.3. The third kappa shape index (κ3) is 4.61. The summed E-state index contributed by atoms with van der Waals surface area (Å²) in [6.45, 7) is 0. The molecule has 0 amide bonds. The van der Waals surface area contributed by atoms with Crippen LogP contribution in [-0.4, -0.2) is 13.4 Å². The van der Waals surface area contributed by atoms with Gasteiger partial charge in [0.15, 0.2) is 9.84 Å². The number of benzene rings is 2. The maximum Gasteiger partial charge on any atom is 0.158 e. The zero-order valence-electron chi connectivity index (χ0n) is 11.1. The minimum atomic E-state index is -3.40. The molecule has 0 aliphatic rings. The maximum absolute atomic E-state index is 13.1. The highest BCUT2D eigenvalue weighted by atomic mass is 32.2. The molecule has 2 rings (SSSR count). The molecule has 6 heteroatoms. The van der Waals surface area contributed by atoms with Crippen LogP contribution in [0, 0.1) is 5.82 Å². The molecule has 3 nitrogen and oxygen atoms in total. The number of halogens is 1. The van der Waals surface area contributed by atoms with Crippen molar-refractivity contribution >= 4 is 27.0 Å². The molecule has 0 saturated heterocycles. The molecule has 21 heavy (non-hydrogen) atoms. The van der Waals surface area contributed by atoms with Crippen molar-refractivity contribution in [3.8, 4) is 0 Å². The third-order valence-corrected chi connectivity index (χ3v) is 4.66. The highest BCUT2D eigenvalue weighted by Crippen LogP contribution is 2.14. The van der Waals surface area contributed by atoms with Crippen molar-refractivity contribution in [3.05, 3.63) is 71.0 Å². The molecule has 0 spiro atoms. The molecule has 2 aromatic carbocycles. The zero-order chi connectivity index (χ0) is 15.5. The van der Waals surface area contributed by atoms with Crippen LogP contribution in [0.15, 0.2) is 48.5 Å². The Morgan fingerprint density at radius 2 is 1.62 bits per heavy atom. The molecular weight excluding hydrogens is 309 g/mol. The number of sulfone groups is 1. The first-order valence-electron chi connectivity index (χ1n) is 6.19. The minimum absolute atomic E-state index is 0.139. The van der Waals surface area contributed by atoms with Gasteiger partial charge in [-0.2, -0.15) is 0 Å². The highest BCUT2D eigenvalue weighted by molar-refractivity contribution is 7.89. The van der Waals surface area contributed by atoms with Gasteiger partial charge in [0, 0.05) is 5.56 Å². The van der Waals surface area contributed by atoms with Crippen LogP contribution in [0.2, 0.25) is 0 Å². The summed E-state index contributed by atoms with van der Waals surface area (Å²) in [5.41, 5.74) is 7.19. The van der Waals surface area contributed by atoms with Crippen LogP contribution in [0.1, 0.15) is 16.7 Å². The zero-order valence-corrected chi connectivity index (χ0v) is 12.8. The first-order chi connectivity index (χ1) is 9.85. The van der Waals surface area contributed by atoms with Crippen LogP contribution in [0.3, 0.4) is 0 Å². The molecule has 2 N–H and O–H groups in total. The Morgan fingerprint density at radius 3 is 2.19 bits per heavy atom. The van der Waals surface area contributed by atoms with Crippen molar-refractivity contribution in [2.45, 2.75) is 11.5 Å². The number of hydrogen-bond donors (Lipinski definition) is 1. The summed E-state index contributed by atoms with van der Waals surface area (Å²) in [5.74, 6) is -0.791. The molecule has 110 valence electrons. The van der Waals surface area contributed by atoms with E-state index in [1.165, 1.54) is 18.2 Å². The minimum Gasteiger partial charge on any atom is -0.389 e. The molecule has 0 unspecified atom stereocenters. The van der Waals surface area contributed by atoms with Crippen molar-refractivity contribution < 1.29 is 12.8 Å². The Kier molecular flexibility index (Phi) is 4.69. The van der Waals surface area contributed by atoms with Gasteiger partial charge >= 0.3 is 0 Å². The van der Waals surface area contributed by atoms with Gasteiger partial charge in [-0.05, 0) is 29.3 Å². The molecule has 0 fully saturated rings. The van der Waals surface area contributed by atoms with E-state index in [0.29, 0.717) is 16.7 Å². The van der Waals surface area contributed by atoms with E-state index in [0.717, 1.165) is 0 Å². The van der Waals surface area contributed by atoms with Crippen molar-refractivity contribution in [1.82, 2.24) is 0 Å². The Labute approximate surface area is 128 Å². The maximum atomic E-state index is 13.1. The van der Waals surface area contributed by atoms with Crippen molar-refractivity contribution in [3.63, 3.8) is 0 Å². The molecule has 0 aliphatic carbocycles. The summed E-state index contributed by atoms with van der Waals surface area (Å²) in [6.07, 6.45) is 0. The second kappa shape index (κ2) is 6.32. The summed E-state index contributed by atoms with van der Waals surface area (Å²) in [7, 11) is -3.40. The summed E-state index contributed by atoms with van der Waals surface area (Å²) in [5, 5.41) is 0. The van der Waals surface area contributed by atoms with E-state index in [-0.39, 0.29) is 16.5 Å². The lowest BCUT2D eigenvalue weighted by Gasteiger charge is -2.06. The number of thiocarbonyl (C=S) groups is 1. The van der Waals surface area contributed by atoms with Crippen LogP contribution in [-0.2, 0) is 21.3 Å². The predicted octanol–water partition coefficient (Wildman–Crippen LogP) is 2.57. The highest BCUT2D eigenvalue weighted by Gasteiger charge is 2.14. The summed E-state index contributed by atoms with van der Waals surface area (Å²) >= 11 is 4.87. The van der Waals surface area contributed by atoms with Crippen LogP contribution in [0.5, 0.6) is 0 Å². The van der Waals surface area contributed by atoms with E-state index in [1.807, 2.05) is 0 Å². The van der Waals surface area contributed by atoms with E-state index in [1.54, 1.807) is 30.3 Å². The third-order valence-electron chi connectivity index (χ3n) is 2.87. The molecule has 0 radical (unpaired) electrons. The molecule has 0 heterocycles. The van der Waals surface area contributed by atoms with Gasteiger partial charge in [-0.3, -0.25) is 0 Å². The predicted molar refractivity (Wildman–Crippen MR) is 85.1 cm³/mol. The monoisotopic (exact) mass is 323 g/mol. The molecule has 0 atom stereocenters. The molecule has 0 aliphatic heterocycles. The van der Waals surface area contributed by atoms with E-state index in [9.17, 15) is 12.8 Å². The van der Waals surface area contributed by atoms with E-state index < -0.39 is 15.7 Å². The van der Waals surface area contributed by atoms with Crippen molar-refractivity contribution in [2.24, 2.45) is 5.73 Å². The van der Waals surface area contributed by atoms with Crippen LogP contribution in [0.4, 0.5) is 4.39 Å². The fraction of sp³-hybridized carbons (Fsp3) is 0.133. The largest absolute Gasteiger partial charge is 0.389 e. The summed E-state index contributed by atoms with van der Waals surface area (Å²) in [6, 6.07) is 12.4. The number of rotatable bonds is 5. The van der Waals surface area contributed by atoms with E-state index in [2.05, 4.69) is 0 Å². The summed E-state index contributed by atoms with van der Waals surface area (Å²) in [4.78, 5) is 0.222. The first kappa shape index (κ1) is 15.6. The van der Waals surface area contributed by atoms with Gasteiger partial charge in [-0.1, -0.05) is 42.5 Å². The average Bonchev–Trinajstić information content (AvgIpc) is 2.37. The topological polar surface area (TPSA) is 60.2 Å². The Morgan fingerprint density at radius 1 is 1.05 bits per heavy atom. The fourth-order valence-electron chi connectivity index (χ4n) is 2.00. The van der Waals surface area contributed by atoms with Gasteiger partial charge in [-0.25, -0.2) is 12.8 Å².